The second-order valence-corrected chi connectivity index (χ2v) is 15.0. The third-order valence-electron chi connectivity index (χ3n) is 11.4. The van der Waals surface area contributed by atoms with E-state index in [1.54, 1.807) is 28.0 Å². The predicted molar refractivity (Wildman–Crippen MR) is 201 cm³/mol. The van der Waals surface area contributed by atoms with Crippen LogP contribution in [0.25, 0.3) is 10.8 Å². The molecule has 2 aliphatic carbocycles. The van der Waals surface area contributed by atoms with Crippen molar-refractivity contribution in [1.82, 2.24) is 25.3 Å². The van der Waals surface area contributed by atoms with Gasteiger partial charge in [-0.15, -0.1) is 0 Å². The molecular weight excluding hydrogens is 709 g/mol. The molecule has 0 radical (unpaired) electrons. The van der Waals surface area contributed by atoms with Crippen LogP contribution in [0.2, 0.25) is 0 Å². The topological polar surface area (TPSA) is 163 Å². The summed E-state index contributed by atoms with van der Waals surface area (Å²) in [6.45, 7) is 5.16. The Labute approximate surface area is 318 Å². The first-order valence-electron chi connectivity index (χ1n) is 19.1. The minimum absolute atomic E-state index is 0.00508. The molecule has 2 amide bonds. The van der Waals surface area contributed by atoms with E-state index in [1.807, 2.05) is 12.1 Å². The van der Waals surface area contributed by atoms with Crippen molar-refractivity contribution in [2.45, 2.75) is 38.7 Å². The summed E-state index contributed by atoms with van der Waals surface area (Å²) >= 11 is 0. The van der Waals surface area contributed by atoms with Crippen molar-refractivity contribution in [1.29, 1.82) is 0 Å². The summed E-state index contributed by atoms with van der Waals surface area (Å²) in [6, 6.07) is 11.5. The van der Waals surface area contributed by atoms with Crippen LogP contribution in [-0.2, 0) is 30.2 Å². The number of fused-ring (bicyclic) bond motifs is 3. The van der Waals surface area contributed by atoms with Crippen LogP contribution in [-0.4, -0.2) is 121 Å². The van der Waals surface area contributed by atoms with Crippen LogP contribution in [0.15, 0.2) is 70.6 Å². The number of hydrogen-bond acceptors (Lipinski definition) is 10. The number of nitrogens with zero attached hydrogens (tertiary/aromatic N) is 3. The fraction of sp³-hybridized carbons (Fsp3) is 0.488. The highest BCUT2D eigenvalue weighted by Gasteiger charge is 2.51. The Morgan fingerprint density at radius 2 is 1.82 bits per heavy atom. The lowest BCUT2D eigenvalue weighted by Crippen LogP contribution is -2.51. The first-order chi connectivity index (χ1) is 26.6. The van der Waals surface area contributed by atoms with E-state index in [-0.39, 0.29) is 79.3 Å². The van der Waals surface area contributed by atoms with Crippen molar-refractivity contribution < 1.29 is 38.1 Å². The van der Waals surface area contributed by atoms with Gasteiger partial charge in [0, 0.05) is 57.0 Å². The van der Waals surface area contributed by atoms with E-state index >= 15 is 0 Å². The Morgan fingerprint density at radius 3 is 2.62 bits per heavy atom. The second-order valence-electron chi connectivity index (χ2n) is 15.0. The molecule has 2 saturated heterocycles. The van der Waals surface area contributed by atoms with Gasteiger partial charge in [-0.25, -0.2) is 9.49 Å². The number of nitrogens with one attached hydrogen (secondary N) is 2. The van der Waals surface area contributed by atoms with Crippen molar-refractivity contribution in [3.63, 3.8) is 0 Å². The first kappa shape index (κ1) is 38.5. The minimum atomic E-state index is -0.630. The van der Waals surface area contributed by atoms with E-state index in [0.717, 1.165) is 30.4 Å². The molecule has 3 aromatic rings. The standard InChI is InChI=1S/C41H48FN5O8/c1-41-10-4-5-27(24-48)33(41)21-30-32(40(52)55-36(30)22-41)23-43-11-16-53-17-18-54-25-37(49)46-12-14-47(15-13-46)39(51)31-19-26(8-9-34(31)42)20-35-28-6-2-3-7-29(28)38(50)45-44-35/h2-3,5-9,19,21,30,32,36,43,48H,4,10-18,20,22-25H2,1H3,(H,45,50)/t30?,32?,36?,41-/m1/s1. The predicted octanol–water partition coefficient (Wildman–Crippen LogP) is 2.77. The highest BCUT2D eigenvalue weighted by atomic mass is 19.1. The Hall–Kier alpha value is -4.76. The minimum Gasteiger partial charge on any atom is -0.461 e. The van der Waals surface area contributed by atoms with Crippen molar-refractivity contribution in [3.05, 3.63) is 98.8 Å². The van der Waals surface area contributed by atoms with Gasteiger partial charge in [-0.2, -0.15) is 5.10 Å². The molecule has 3 unspecified atom stereocenters. The molecule has 0 spiro atoms. The number of aromatic nitrogens is 2. The summed E-state index contributed by atoms with van der Waals surface area (Å²) in [5, 5.41) is 21.1. The van der Waals surface area contributed by atoms with Crippen LogP contribution in [0.1, 0.15) is 47.8 Å². The third kappa shape index (κ3) is 8.42. The third-order valence-corrected chi connectivity index (χ3v) is 11.4. The Bertz CT molecular complexity index is 2040. The van der Waals surface area contributed by atoms with Gasteiger partial charge in [0.2, 0.25) is 5.91 Å². The van der Waals surface area contributed by atoms with E-state index < -0.39 is 11.7 Å². The zero-order valence-electron chi connectivity index (χ0n) is 31.1. The number of aromatic amines is 1. The van der Waals surface area contributed by atoms with Gasteiger partial charge in [0.25, 0.3) is 11.5 Å². The Morgan fingerprint density at radius 1 is 1.05 bits per heavy atom. The number of aliphatic hydroxyl groups is 1. The summed E-state index contributed by atoms with van der Waals surface area (Å²) in [6.07, 6.45) is 7.12. The van der Waals surface area contributed by atoms with Gasteiger partial charge in [-0.1, -0.05) is 43.3 Å². The number of amides is 2. The van der Waals surface area contributed by atoms with E-state index in [0.29, 0.717) is 67.8 Å². The smallest absolute Gasteiger partial charge is 0.311 e. The molecule has 13 nitrogen and oxygen atoms in total. The molecule has 0 bridgehead atoms. The maximum absolute atomic E-state index is 14.9. The highest BCUT2D eigenvalue weighted by Crippen LogP contribution is 2.52. The fourth-order valence-electron chi connectivity index (χ4n) is 8.40. The molecule has 3 N–H and O–H groups in total. The van der Waals surface area contributed by atoms with Crippen LogP contribution in [0.4, 0.5) is 4.39 Å². The maximum atomic E-state index is 14.9. The summed E-state index contributed by atoms with van der Waals surface area (Å²) in [7, 11) is 0. The van der Waals surface area contributed by atoms with Crippen LogP contribution in [0, 0.1) is 23.1 Å². The maximum Gasteiger partial charge on any atom is 0.311 e. The number of rotatable bonds is 14. The van der Waals surface area contributed by atoms with Crippen LogP contribution >= 0.6 is 0 Å². The molecule has 7 rings (SSSR count). The number of carbonyl (C=O) groups is 3. The molecule has 14 heteroatoms. The normalized spacial score (nSPS) is 23.5. The average molecular weight is 758 g/mol. The number of H-pyrrole nitrogens is 1. The zero-order chi connectivity index (χ0) is 38.5. The van der Waals surface area contributed by atoms with Crippen LogP contribution < -0.4 is 10.9 Å². The second kappa shape index (κ2) is 16.9. The number of esters is 1. The number of ether oxygens (including phenoxy) is 3. The molecule has 55 heavy (non-hydrogen) atoms. The molecule has 3 heterocycles. The van der Waals surface area contributed by atoms with Gasteiger partial charge in [-0.05, 0) is 59.6 Å². The molecule has 292 valence electrons. The summed E-state index contributed by atoms with van der Waals surface area (Å²) in [4.78, 5) is 54.2. The summed E-state index contributed by atoms with van der Waals surface area (Å²) in [5.41, 5.74) is 2.99. The number of halogens is 1. The number of benzene rings is 2. The summed E-state index contributed by atoms with van der Waals surface area (Å²) < 4.78 is 31.9. The van der Waals surface area contributed by atoms with E-state index in [9.17, 15) is 28.7 Å². The molecule has 2 aromatic carbocycles. The monoisotopic (exact) mass is 757 g/mol. The molecule has 4 aliphatic rings. The molecular formula is C41H48FN5O8. The molecule has 0 saturated carbocycles. The Kier molecular flexibility index (Phi) is 11.9. The van der Waals surface area contributed by atoms with Gasteiger partial charge in [-0.3, -0.25) is 19.2 Å². The number of piperazine rings is 1. The SMILES string of the molecule is C[C@]12CCC=C(CO)C1=CC1C(C2)OC(=O)C1CNCCOCCOCC(=O)N1CCN(C(=O)c2cc(Cc3n[nH]c(=O)c4ccccc34)ccc2F)CC1. The molecule has 1 aromatic heterocycles. The molecule has 2 fully saturated rings. The largest absolute Gasteiger partial charge is 0.461 e. The van der Waals surface area contributed by atoms with Crippen LogP contribution in [0.5, 0.6) is 0 Å². The van der Waals surface area contributed by atoms with Crippen molar-refractivity contribution in [2.24, 2.45) is 17.3 Å². The van der Waals surface area contributed by atoms with Gasteiger partial charge >= 0.3 is 5.97 Å². The van der Waals surface area contributed by atoms with E-state index in [1.165, 1.54) is 12.1 Å². The molecule has 2 aliphatic heterocycles. The van der Waals surface area contributed by atoms with E-state index in [2.05, 4.69) is 34.6 Å². The lowest BCUT2D eigenvalue weighted by atomic mass is 9.62. The highest BCUT2D eigenvalue weighted by molar-refractivity contribution is 5.95. The molecule has 4 atom stereocenters. The lowest BCUT2D eigenvalue weighted by Gasteiger charge is -2.43. The number of hydrogen-bond donors (Lipinski definition) is 3. The van der Waals surface area contributed by atoms with E-state index in [4.69, 9.17) is 14.2 Å². The summed E-state index contributed by atoms with van der Waals surface area (Å²) in [5.74, 6) is -1.77. The number of carbonyl (C=O) groups excluding carboxylic acids is 3. The lowest BCUT2D eigenvalue weighted by molar-refractivity contribution is -0.145. The van der Waals surface area contributed by atoms with Crippen LogP contribution in [0.3, 0.4) is 0 Å². The van der Waals surface area contributed by atoms with Gasteiger partial charge in [0.1, 0.15) is 18.5 Å². The van der Waals surface area contributed by atoms with Gasteiger partial charge in [0.15, 0.2) is 0 Å². The fourth-order valence-corrected chi connectivity index (χ4v) is 8.40. The van der Waals surface area contributed by atoms with Gasteiger partial charge in [0.05, 0.1) is 49.0 Å². The first-order valence-corrected chi connectivity index (χ1v) is 19.1. The van der Waals surface area contributed by atoms with Crippen molar-refractivity contribution in [3.8, 4) is 0 Å². The zero-order valence-corrected chi connectivity index (χ0v) is 31.1. The van der Waals surface area contributed by atoms with Crippen molar-refractivity contribution >= 4 is 28.6 Å². The quantitative estimate of drug-likeness (QED) is 0.165. The Balaban J connectivity index is 0.790. The average Bonchev–Trinajstić information content (AvgIpc) is 3.49. The van der Waals surface area contributed by atoms with Crippen molar-refractivity contribution in [2.75, 3.05) is 72.3 Å². The number of aliphatic hydroxyl groups excluding tert-OH is 1. The number of allylic oxidation sites excluding steroid dienone is 1. The van der Waals surface area contributed by atoms with Gasteiger partial charge < -0.3 is 34.4 Å².